The number of phenolic OH excluding ortho intramolecular Hbond substituents is 1. The van der Waals surface area contributed by atoms with E-state index in [2.05, 4.69) is 4.98 Å². The molecule has 0 radical (unpaired) electrons. The lowest BCUT2D eigenvalue weighted by Crippen LogP contribution is -2.17. The zero-order valence-corrected chi connectivity index (χ0v) is 9.83. The highest BCUT2D eigenvalue weighted by atomic mass is 16.3. The predicted octanol–water partition coefficient (Wildman–Crippen LogP) is 1.84. The fourth-order valence-electron chi connectivity index (χ4n) is 2.09. The number of phenols is 1. The van der Waals surface area contributed by atoms with E-state index < -0.39 is 0 Å². The maximum atomic E-state index is 12.0. The van der Waals surface area contributed by atoms with E-state index in [1.54, 1.807) is 24.3 Å². The second-order valence-corrected chi connectivity index (χ2v) is 4.17. The number of pyridine rings is 1. The highest BCUT2D eigenvalue weighted by Crippen LogP contribution is 2.19. The second kappa shape index (κ2) is 4.13. The van der Waals surface area contributed by atoms with Crippen LogP contribution in [-0.2, 0) is 0 Å². The van der Waals surface area contributed by atoms with Crippen LogP contribution in [0.15, 0.2) is 47.3 Å². The molecule has 3 rings (SSSR count). The molecule has 0 aliphatic rings. The summed E-state index contributed by atoms with van der Waals surface area (Å²) in [6.07, 6.45) is 0.692. The van der Waals surface area contributed by atoms with Gasteiger partial charge < -0.3 is 10.1 Å². The first-order valence-electron chi connectivity index (χ1n) is 5.68. The molecule has 2 N–H and O–H groups in total. The molecule has 94 valence electrons. The number of benzene rings is 1. The predicted molar refractivity (Wildman–Crippen MR) is 70.9 cm³/mol. The van der Waals surface area contributed by atoms with Gasteiger partial charge in [-0.05, 0) is 24.3 Å². The van der Waals surface area contributed by atoms with Crippen molar-refractivity contribution in [3.63, 3.8) is 0 Å². The zero-order chi connectivity index (χ0) is 13.4. The Labute approximate surface area is 107 Å². The van der Waals surface area contributed by atoms with Gasteiger partial charge in [-0.1, -0.05) is 6.07 Å². The van der Waals surface area contributed by atoms with Gasteiger partial charge in [-0.25, -0.2) is 0 Å². The summed E-state index contributed by atoms with van der Waals surface area (Å²) in [5.74, 6) is 0.0728. The first-order chi connectivity index (χ1) is 9.19. The summed E-state index contributed by atoms with van der Waals surface area (Å²) in [6.45, 7) is 0. The Bertz CT molecular complexity index is 830. The van der Waals surface area contributed by atoms with Gasteiger partial charge in [0.25, 0.3) is 5.56 Å². The van der Waals surface area contributed by atoms with Crippen molar-refractivity contribution in [2.45, 2.75) is 0 Å². The Morgan fingerprint density at radius 2 is 2.00 bits per heavy atom. The standard InChI is InChI=1S/C14H10N2O3/c17-8-10-6-9-4-5-13(19)16(14(9)15-10)11-2-1-3-12(18)7-11/h1-8,15,18H. The fraction of sp³-hybridized carbons (Fsp3) is 0. The van der Waals surface area contributed by atoms with Crippen molar-refractivity contribution in [3.8, 4) is 11.4 Å². The lowest BCUT2D eigenvalue weighted by atomic mass is 10.2. The quantitative estimate of drug-likeness (QED) is 0.685. The summed E-state index contributed by atoms with van der Waals surface area (Å²) in [6, 6.07) is 11.1. The molecule has 0 fully saturated rings. The van der Waals surface area contributed by atoms with Crippen molar-refractivity contribution in [1.82, 2.24) is 9.55 Å². The fourth-order valence-corrected chi connectivity index (χ4v) is 2.09. The molecule has 0 atom stereocenters. The zero-order valence-electron chi connectivity index (χ0n) is 9.83. The summed E-state index contributed by atoms with van der Waals surface area (Å²) in [5, 5.41) is 10.3. The molecule has 1 aromatic carbocycles. The maximum absolute atomic E-state index is 12.0. The number of carbonyl (C=O) groups is 1. The molecule has 0 saturated heterocycles. The van der Waals surface area contributed by atoms with Crippen LogP contribution in [0, 0.1) is 0 Å². The number of hydrogen-bond donors (Lipinski definition) is 2. The molecule has 5 nitrogen and oxygen atoms in total. The highest BCUT2D eigenvalue weighted by Gasteiger charge is 2.08. The molecule has 0 saturated carbocycles. The minimum atomic E-state index is -0.239. The van der Waals surface area contributed by atoms with Crippen molar-refractivity contribution in [1.29, 1.82) is 0 Å². The van der Waals surface area contributed by atoms with E-state index >= 15 is 0 Å². The Hall–Kier alpha value is -2.82. The van der Waals surface area contributed by atoms with Crippen LogP contribution in [0.25, 0.3) is 16.7 Å². The third-order valence-corrected chi connectivity index (χ3v) is 2.91. The van der Waals surface area contributed by atoms with Gasteiger partial charge in [0.2, 0.25) is 0 Å². The van der Waals surface area contributed by atoms with Gasteiger partial charge in [0.1, 0.15) is 11.4 Å². The molecule has 0 unspecified atom stereocenters. The highest BCUT2D eigenvalue weighted by molar-refractivity contribution is 5.86. The number of nitrogens with zero attached hydrogens (tertiary/aromatic N) is 1. The van der Waals surface area contributed by atoms with E-state index in [1.165, 1.54) is 22.8 Å². The molecule has 0 aliphatic heterocycles. The van der Waals surface area contributed by atoms with Crippen molar-refractivity contribution in [2.24, 2.45) is 0 Å². The van der Waals surface area contributed by atoms with Gasteiger partial charge in [-0.2, -0.15) is 0 Å². The maximum Gasteiger partial charge on any atom is 0.256 e. The van der Waals surface area contributed by atoms with Gasteiger partial charge in [0, 0.05) is 17.5 Å². The van der Waals surface area contributed by atoms with Crippen LogP contribution < -0.4 is 5.56 Å². The van der Waals surface area contributed by atoms with Gasteiger partial charge in [0.15, 0.2) is 6.29 Å². The number of nitrogens with one attached hydrogen (secondary N) is 1. The van der Waals surface area contributed by atoms with Crippen LogP contribution >= 0.6 is 0 Å². The van der Waals surface area contributed by atoms with Crippen molar-refractivity contribution in [3.05, 3.63) is 58.5 Å². The average molecular weight is 254 g/mol. The number of aromatic nitrogens is 2. The molecule has 0 aliphatic carbocycles. The third kappa shape index (κ3) is 1.81. The minimum absolute atomic E-state index is 0.0728. The van der Waals surface area contributed by atoms with Crippen LogP contribution in [0.3, 0.4) is 0 Å². The van der Waals surface area contributed by atoms with Gasteiger partial charge in [-0.15, -0.1) is 0 Å². The van der Waals surface area contributed by atoms with Crippen LogP contribution in [0.4, 0.5) is 0 Å². The van der Waals surface area contributed by atoms with Gasteiger partial charge >= 0.3 is 0 Å². The first-order valence-corrected chi connectivity index (χ1v) is 5.68. The summed E-state index contributed by atoms with van der Waals surface area (Å²) in [7, 11) is 0. The Balaban J connectivity index is 2.38. The van der Waals surface area contributed by atoms with Crippen LogP contribution in [0.1, 0.15) is 10.5 Å². The van der Waals surface area contributed by atoms with Crippen LogP contribution in [0.2, 0.25) is 0 Å². The lowest BCUT2D eigenvalue weighted by Gasteiger charge is -2.07. The number of fused-ring (bicyclic) bond motifs is 1. The van der Waals surface area contributed by atoms with E-state index in [4.69, 9.17) is 0 Å². The summed E-state index contributed by atoms with van der Waals surface area (Å²) >= 11 is 0. The van der Waals surface area contributed by atoms with Crippen molar-refractivity contribution in [2.75, 3.05) is 0 Å². The number of rotatable bonds is 2. The van der Waals surface area contributed by atoms with E-state index in [-0.39, 0.29) is 11.3 Å². The number of H-pyrrole nitrogens is 1. The Kier molecular flexibility index (Phi) is 2.45. The van der Waals surface area contributed by atoms with Crippen molar-refractivity contribution < 1.29 is 9.90 Å². The topological polar surface area (TPSA) is 75.1 Å². The number of carbonyl (C=O) groups excluding carboxylic acids is 1. The number of aromatic amines is 1. The Morgan fingerprint density at radius 1 is 1.16 bits per heavy atom. The molecular formula is C14H10N2O3. The molecule has 0 amide bonds. The smallest absolute Gasteiger partial charge is 0.256 e. The molecule has 2 aromatic heterocycles. The molecule has 19 heavy (non-hydrogen) atoms. The van der Waals surface area contributed by atoms with E-state index in [0.717, 1.165) is 5.39 Å². The summed E-state index contributed by atoms with van der Waals surface area (Å²) < 4.78 is 1.42. The van der Waals surface area contributed by atoms with E-state index in [9.17, 15) is 14.7 Å². The van der Waals surface area contributed by atoms with Crippen molar-refractivity contribution >= 4 is 17.3 Å². The number of hydrogen-bond acceptors (Lipinski definition) is 3. The van der Waals surface area contributed by atoms with Crippen LogP contribution in [0.5, 0.6) is 5.75 Å². The molecule has 5 heteroatoms. The SMILES string of the molecule is O=Cc1cc2ccc(=O)n(-c3cccc(O)c3)c2[nH]1. The second-order valence-electron chi connectivity index (χ2n) is 4.17. The van der Waals surface area contributed by atoms with E-state index in [0.29, 0.717) is 23.3 Å². The summed E-state index contributed by atoms with van der Waals surface area (Å²) in [5.41, 5.74) is 1.22. The minimum Gasteiger partial charge on any atom is -0.508 e. The lowest BCUT2D eigenvalue weighted by molar-refractivity contribution is 0.111. The first kappa shape index (κ1) is 11.3. The number of aromatic hydroxyl groups is 1. The Morgan fingerprint density at radius 3 is 2.74 bits per heavy atom. The van der Waals surface area contributed by atoms with E-state index in [1.807, 2.05) is 0 Å². The molecule has 0 spiro atoms. The monoisotopic (exact) mass is 254 g/mol. The van der Waals surface area contributed by atoms with Gasteiger partial charge in [0.05, 0.1) is 11.4 Å². The molecular weight excluding hydrogens is 244 g/mol. The average Bonchev–Trinajstić information content (AvgIpc) is 2.81. The molecule has 0 bridgehead atoms. The third-order valence-electron chi connectivity index (χ3n) is 2.91. The normalized spacial score (nSPS) is 10.7. The van der Waals surface area contributed by atoms with Gasteiger partial charge in [-0.3, -0.25) is 14.2 Å². The molecule has 3 aromatic rings. The summed E-state index contributed by atoms with van der Waals surface area (Å²) in [4.78, 5) is 25.7. The number of aldehydes is 1. The van der Waals surface area contributed by atoms with Crippen LogP contribution in [-0.4, -0.2) is 20.9 Å². The molecule has 2 heterocycles. The largest absolute Gasteiger partial charge is 0.508 e.